The summed E-state index contributed by atoms with van der Waals surface area (Å²) in [5, 5.41) is 5.97. The van der Waals surface area contributed by atoms with Crippen molar-refractivity contribution in [1.29, 1.82) is 0 Å². The van der Waals surface area contributed by atoms with Gasteiger partial charge in [-0.05, 0) is 125 Å². The molecule has 0 amide bonds. The van der Waals surface area contributed by atoms with E-state index in [4.69, 9.17) is 9.97 Å². The maximum absolute atomic E-state index is 5.37. The van der Waals surface area contributed by atoms with E-state index in [1.807, 2.05) is 6.07 Å². The molecule has 4 heterocycles. The van der Waals surface area contributed by atoms with E-state index in [-0.39, 0.29) is 0 Å². The molecule has 0 bridgehead atoms. The zero-order valence-electron chi connectivity index (χ0n) is 38.6. The van der Waals surface area contributed by atoms with Gasteiger partial charge in [-0.1, -0.05) is 158 Å². The van der Waals surface area contributed by atoms with Crippen molar-refractivity contribution in [2.24, 2.45) is 0 Å². The summed E-state index contributed by atoms with van der Waals surface area (Å²) in [5.74, 6) is 0.681. The molecule has 0 aliphatic heterocycles. The smallest absolute Gasteiger partial charge is 0.160 e. The number of para-hydroxylation sites is 3. The molecule has 332 valence electrons. The topological polar surface area (TPSA) is 40.6 Å². The average molecular weight is 906 g/mol. The van der Waals surface area contributed by atoms with Gasteiger partial charge in [0.2, 0.25) is 0 Å². The minimum Gasteiger partial charge on any atom is -0.317 e. The highest BCUT2D eigenvalue weighted by atomic mass is 15.0. The molecule has 5 heteroatoms. The van der Waals surface area contributed by atoms with Crippen LogP contribution in [0.2, 0.25) is 0 Å². The summed E-state index contributed by atoms with van der Waals surface area (Å²) in [6.07, 6.45) is 2.18. The lowest BCUT2D eigenvalue weighted by atomic mass is 10.0. The van der Waals surface area contributed by atoms with Crippen LogP contribution < -0.4 is 0 Å². The van der Waals surface area contributed by atoms with Gasteiger partial charge in [0.05, 0.1) is 39.0 Å². The van der Waals surface area contributed by atoms with Gasteiger partial charge < -0.3 is 13.7 Å². The molecule has 14 aromatic rings. The molecule has 0 saturated carbocycles. The summed E-state index contributed by atoms with van der Waals surface area (Å²) in [6, 6.07) is 91.2. The van der Waals surface area contributed by atoms with Crippen LogP contribution in [-0.4, -0.2) is 23.7 Å². The lowest BCUT2D eigenvalue weighted by Crippen LogP contribution is -1.98. The Morgan fingerprint density at radius 3 is 1.45 bits per heavy atom. The largest absolute Gasteiger partial charge is 0.317 e. The second-order valence-electron chi connectivity index (χ2n) is 18.3. The van der Waals surface area contributed by atoms with Crippen LogP contribution in [-0.2, 0) is 0 Å². The molecule has 5 nitrogen and oxygen atoms in total. The van der Waals surface area contributed by atoms with Crippen LogP contribution in [0.3, 0.4) is 0 Å². The lowest BCUT2D eigenvalue weighted by molar-refractivity contribution is 1.13. The number of aromatic nitrogens is 5. The molecular formula is C66H43N5. The van der Waals surface area contributed by atoms with Crippen molar-refractivity contribution in [2.75, 3.05) is 0 Å². The zero-order valence-corrected chi connectivity index (χ0v) is 38.6. The van der Waals surface area contributed by atoms with Crippen LogP contribution >= 0.6 is 0 Å². The van der Waals surface area contributed by atoms with Crippen molar-refractivity contribution in [2.45, 2.75) is 0 Å². The van der Waals surface area contributed by atoms with Gasteiger partial charge in [0.15, 0.2) is 5.82 Å². The number of fused-ring (bicyclic) bond motifs is 7. The predicted molar refractivity (Wildman–Crippen MR) is 295 cm³/mol. The van der Waals surface area contributed by atoms with Crippen molar-refractivity contribution < 1.29 is 0 Å². The number of rotatable bonds is 8. The van der Waals surface area contributed by atoms with E-state index in [2.05, 4.69) is 269 Å². The normalized spacial score (nSPS) is 11.7. The fraction of sp³-hybridized carbons (Fsp3) is 0. The monoisotopic (exact) mass is 905 g/mol. The Labute approximate surface area is 410 Å². The maximum Gasteiger partial charge on any atom is 0.160 e. The van der Waals surface area contributed by atoms with E-state index in [1.165, 1.54) is 49.3 Å². The molecule has 0 fully saturated rings. The molecule has 0 N–H and O–H groups in total. The average Bonchev–Trinajstić information content (AvgIpc) is 4.13. The van der Waals surface area contributed by atoms with Crippen LogP contribution in [0.5, 0.6) is 0 Å². The summed E-state index contributed by atoms with van der Waals surface area (Å²) < 4.78 is 7.03. The number of hydrogen-bond donors (Lipinski definition) is 0. The molecule has 10 aromatic carbocycles. The van der Waals surface area contributed by atoms with E-state index in [1.54, 1.807) is 0 Å². The fourth-order valence-corrected chi connectivity index (χ4v) is 10.7. The molecule has 14 rings (SSSR count). The highest BCUT2D eigenvalue weighted by Crippen LogP contribution is 2.39. The first-order valence-electron chi connectivity index (χ1n) is 24.1. The molecule has 4 aromatic heterocycles. The standard InChI is InChI=1S/C66H43N5/c1-4-16-44(17-5-1)49-31-30-46-36-37-69(65(46)42-49)53-24-14-20-47(38-53)48-32-34-64-57(40-48)55-26-11-13-29-62(55)71(64)54-25-15-21-50(39-54)60-43-59(45-18-6-2-7-19-45)67-66(68-60)51-33-35-63-58(41-51)56-27-10-12-28-61(56)70(63)52-22-8-3-9-23-52/h1-43H. The van der Waals surface area contributed by atoms with E-state index < -0.39 is 0 Å². The van der Waals surface area contributed by atoms with Gasteiger partial charge in [0.25, 0.3) is 0 Å². The number of hydrogen-bond acceptors (Lipinski definition) is 2. The first kappa shape index (κ1) is 40.5. The van der Waals surface area contributed by atoms with Crippen molar-refractivity contribution in [3.05, 3.63) is 261 Å². The highest BCUT2D eigenvalue weighted by molar-refractivity contribution is 6.11. The molecule has 0 aliphatic rings. The summed E-state index contributed by atoms with van der Waals surface area (Å²) in [7, 11) is 0. The van der Waals surface area contributed by atoms with Gasteiger partial charge in [-0.2, -0.15) is 0 Å². The van der Waals surface area contributed by atoms with Gasteiger partial charge in [-0.3, -0.25) is 0 Å². The quantitative estimate of drug-likeness (QED) is 0.152. The van der Waals surface area contributed by atoms with Gasteiger partial charge in [0, 0.05) is 61.5 Å². The Morgan fingerprint density at radius 1 is 0.254 bits per heavy atom. The summed E-state index contributed by atoms with van der Waals surface area (Å²) in [6.45, 7) is 0. The maximum atomic E-state index is 5.37. The first-order chi connectivity index (χ1) is 35.2. The first-order valence-corrected chi connectivity index (χ1v) is 24.1. The Hall–Kier alpha value is -9.58. The van der Waals surface area contributed by atoms with Gasteiger partial charge in [-0.25, -0.2) is 9.97 Å². The second-order valence-corrected chi connectivity index (χ2v) is 18.3. The van der Waals surface area contributed by atoms with E-state index >= 15 is 0 Å². The van der Waals surface area contributed by atoms with Gasteiger partial charge in [0.1, 0.15) is 0 Å². The molecular weight excluding hydrogens is 863 g/mol. The van der Waals surface area contributed by atoms with Crippen LogP contribution in [0.15, 0.2) is 261 Å². The minimum atomic E-state index is 0.681. The van der Waals surface area contributed by atoms with E-state index in [9.17, 15) is 0 Å². The Kier molecular flexibility index (Phi) is 9.46. The molecule has 0 unspecified atom stereocenters. The van der Waals surface area contributed by atoms with Crippen molar-refractivity contribution in [3.8, 4) is 73.2 Å². The third-order valence-electron chi connectivity index (χ3n) is 14.1. The van der Waals surface area contributed by atoms with Gasteiger partial charge in [-0.15, -0.1) is 0 Å². The highest BCUT2D eigenvalue weighted by Gasteiger charge is 2.18. The zero-order chi connectivity index (χ0) is 46.8. The van der Waals surface area contributed by atoms with Crippen LogP contribution in [0.25, 0.3) is 128 Å². The molecule has 0 atom stereocenters. The van der Waals surface area contributed by atoms with E-state index in [0.717, 1.165) is 72.6 Å². The lowest BCUT2D eigenvalue weighted by Gasteiger charge is -2.13. The molecule has 0 saturated heterocycles. The van der Waals surface area contributed by atoms with Crippen molar-refractivity contribution in [3.63, 3.8) is 0 Å². The fourth-order valence-electron chi connectivity index (χ4n) is 10.7. The van der Waals surface area contributed by atoms with Crippen LogP contribution in [0, 0.1) is 0 Å². The van der Waals surface area contributed by atoms with Crippen LogP contribution in [0.1, 0.15) is 0 Å². The summed E-state index contributed by atoms with van der Waals surface area (Å²) in [4.78, 5) is 10.6. The molecule has 0 spiro atoms. The third-order valence-corrected chi connectivity index (χ3v) is 14.1. The predicted octanol–water partition coefficient (Wildman–Crippen LogP) is 16.9. The third kappa shape index (κ3) is 6.94. The van der Waals surface area contributed by atoms with Crippen molar-refractivity contribution >= 4 is 54.5 Å². The van der Waals surface area contributed by atoms with Crippen LogP contribution in [0.4, 0.5) is 0 Å². The molecule has 0 aliphatic carbocycles. The Balaban J connectivity index is 0.865. The Bertz CT molecular complexity index is 4330. The molecule has 0 radical (unpaired) electrons. The Morgan fingerprint density at radius 2 is 0.732 bits per heavy atom. The SMILES string of the molecule is c1ccc(-c2ccc3ccn(-c4cccc(-c5ccc6c(c5)c5ccccc5n6-c5cccc(-c6cc(-c7ccccc7)nc(-c7ccc8c(c7)c7ccccc7n8-c7ccccc7)n6)c5)c4)c3c2)cc1. The number of nitrogens with zero attached hydrogens (tertiary/aromatic N) is 5. The number of benzene rings is 10. The summed E-state index contributed by atoms with van der Waals surface area (Å²) >= 11 is 0. The molecule has 71 heavy (non-hydrogen) atoms. The van der Waals surface area contributed by atoms with Gasteiger partial charge >= 0.3 is 0 Å². The van der Waals surface area contributed by atoms with E-state index in [0.29, 0.717) is 5.82 Å². The minimum absolute atomic E-state index is 0.681. The van der Waals surface area contributed by atoms with Crippen molar-refractivity contribution in [1.82, 2.24) is 23.7 Å². The second kappa shape index (κ2) is 16.6. The summed E-state index contributed by atoms with van der Waals surface area (Å²) in [5.41, 5.74) is 18.6.